The Kier molecular flexibility index (Phi) is 3.53. The quantitative estimate of drug-likeness (QED) is 0.801. The van der Waals surface area contributed by atoms with Gasteiger partial charge in [-0.2, -0.15) is 0 Å². The van der Waals surface area contributed by atoms with Crippen molar-refractivity contribution in [3.05, 3.63) is 35.4 Å². The highest BCUT2D eigenvalue weighted by Gasteiger charge is 2.28. The molecule has 19 heavy (non-hydrogen) atoms. The second-order valence-electron chi connectivity index (χ2n) is 5.66. The smallest absolute Gasteiger partial charge is 0.234 e. The molecule has 102 valence electrons. The van der Waals surface area contributed by atoms with Gasteiger partial charge in [-0.3, -0.25) is 9.69 Å². The van der Waals surface area contributed by atoms with Gasteiger partial charge in [-0.15, -0.1) is 0 Å². The van der Waals surface area contributed by atoms with E-state index in [4.69, 9.17) is 5.73 Å². The molecule has 1 saturated carbocycles. The Labute approximate surface area is 114 Å². The van der Waals surface area contributed by atoms with Crippen LogP contribution in [0, 0.1) is 0 Å². The van der Waals surface area contributed by atoms with Gasteiger partial charge in [-0.05, 0) is 30.4 Å². The molecule has 1 atom stereocenters. The molecule has 0 aromatic heterocycles. The first kappa shape index (κ1) is 12.6. The number of hydrogen-bond acceptors (Lipinski definition) is 3. The van der Waals surface area contributed by atoms with Crippen molar-refractivity contribution in [2.75, 3.05) is 6.54 Å². The van der Waals surface area contributed by atoms with E-state index in [1.165, 1.54) is 24.0 Å². The molecular weight excluding hydrogens is 238 g/mol. The fourth-order valence-electron chi connectivity index (χ4n) is 2.72. The monoisotopic (exact) mass is 259 g/mol. The van der Waals surface area contributed by atoms with Crippen LogP contribution in [0.4, 0.5) is 0 Å². The van der Waals surface area contributed by atoms with E-state index in [1.807, 2.05) is 0 Å². The number of amides is 1. The molecule has 1 unspecified atom stereocenters. The minimum absolute atomic E-state index is 0.170. The van der Waals surface area contributed by atoms with Gasteiger partial charge in [0, 0.05) is 25.7 Å². The van der Waals surface area contributed by atoms with Gasteiger partial charge in [-0.25, -0.2) is 0 Å². The number of hydrogen-bond donors (Lipinski definition) is 2. The number of carbonyl (C=O) groups excluding carboxylic acids is 1. The molecule has 0 bridgehead atoms. The Hall–Kier alpha value is -1.39. The molecule has 1 aliphatic heterocycles. The van der Waals surface area contributed by atoms with Crippen LogP contribution < -0.4 is 11.1 Å². The highest BCUT2D eigenvalue weighted by atomic mass is 16.1. The number of carbonyl (C=O) groups is 1. The van der Waals surface area contributed by atoms with Crippen molar-refractivity contribution in [2.45, 2.75) is 44.4 Å². The summed E-state index contributed by atoms with van der Waals surface area (Å²) in [5, 5.41) is 3.33. The largest absolute Gasteiger partial charge is 0.368 e. The fourth-order valence-corrected chi connectivity index (χ4v) is 2.72. The zero-order chi connectivity index (χ0) is 13.2. The van der Waals surface area contributed by atoms with Crippen LogP contribution in [0.1, 0.15) is 30.4 Å². The van der Waals surface area contributed by atoms with Gasteiger partial charge in [0.15, 0.2) is 0 Å². The van der Waals surface area contributed by atoms with Crippen LogP contribution in [0.2, 0.25) is 0 Å². The predicted octanol–water partition coefficient (Wildman–Crippen LogP) is 0.998. The highest BCUT2D eigenvalue weighted by molar-refractivity contribution is 5.79. The molecule has 0 saturated heterocycles. The summed E-state index contributed by atoms with van der Waals surface area (Å²) >= 11 is 0. The molecule has 1 aromatic rings. The topological polar surface area (TPSA) is 58.4 Å². The van der Waals surface area contributed by atoms with Gasteiger partial charge in [0.05, 0.1) is 6.04 Å². The lowest BCUT2D eigenvalue weighted by atomic mass is 10.1. The maximum atomic E-state index is 11.4. The highest BCUT2D eigenvalue weighted by Crippen LogP contribution is 2.23. The third-order valence-electron chi connectivity index (χ3n) is 4.00. The van der Waals surface area contributed by atoms with Crippen LogP contribution in [0.3, 0.4) is 0 Å². The SMILES string of the molecule is NC(=O)C(CCN1Cc2ccccc2C1)NC1CC1. The van der Waals surface area contributed by atoms with Gasteiger partial charge >= 0.3 is 0 Å². The van der Waals surface area contributed by atoms with Crippen LogP contribution in [0.15, 0.2) is 24.3 Å². The molecule has 4 heteroatoms. The Bertz CT molecular complexity index is 445. The lowest BCUT2D eigenvalue weighted by Crippen LogP contribution is -2.44. The van der Waals surface area contributed by atoms with Crippen LogP contribution in [0.5, 0.6) is 0 Å². The molecule has 1 aliphatic carbocycles. The van der Waals surface area contributed by atoms with Crippen molar-refractivity contribution in [3.63, 3.8) is 0 Å². The first-order valence-electron chi connectivity index (χ1n) is 7.07. The molecule has 3 N–H and O–H groups in total. The summed E-state index contributed by atoms with van der Waals surface area (Å²) < 4.78 is 0. The lowest BCUT2D eigenvalue weighted by Gasteiger charge is -2.19. The number of nitrogens with one attached hydrogen (secondary N) is 1. The molecule has 3 rings (SSSR count). The number of rotatable bonds is 6. The van der Waals surface area contributed by atoms with E-state index >= 15 is 0 Å². The van der Waals surface area contributed by atoms with Crippen molar-refractivity contribution in [2.24, 2.45) is 5.73 Å². The van der Waals surface area contributed by atoms with Crippen molar-refractivity contribution < 1.29 is 4.79 Å². The summed E-state index contributed by atoms with van der Waals surface area (Å²) in [6.07, 6.45) is 3.16. The number of benzene rings is 1. The van der Waals surface area contributed by atoms with Crippen molar-refractivity contribution in [1.82, 2.24) is 10.2 Å². The average molecular weight is 259 g/mol. The van der Waals surface area contributed by atoms with Crippen molar-refractivity contribution >= 4 is 5.91 Å². The number of primary amides is 1. The molecule has 1 fully saturated rings. The second kappa shape index (κ2) is 5.31. The standard InChI is InChI=1S/C15H21N3O/c16-15(19)14(17-13-5-6-13)7-8-18-9-11-3-1-2-4-12(11)10-18/h1-4,13-14,17H,5-10H2,(H2,16,19). The Balaban J connectivity index is 1.51. The van der Waals surface area contributed by atoms with E-state index in [0.29, 0.717) is 6.04 Å². The van der Waals surface area contributed by atoms with E-state index in [0.717, 1.165) is 26.1 Å². The Morgan fingerprint density at radius 1 is 1.32 bits per heavy atom. The minimum Gasteiger partial charge on any atom is -0.368 e. The van der Waals surface area contributed by atoms with Crippen LogP contribution in [-0.4, -0.2) is 29.4 Å². The molecule has 0 radical (unpaired) electrons. The zero-order valence-corrected chi connectivity index (χ0v) is 11.1. The van der Waals surface area contributed by atoms with E-state index in [-0.39, 0.29) is 11.9 Å². The van der Waals surface area contributed by atoms with Crippen molar-refractivity contribution in [3.8, 4) is 0 Å². The summed E-state index contributed by atoms with van der Waals surface area (Å²) in [5.41, 5.74) is 8.28. The summed E-state index contributed by atoms with van der Waals surface area (Å²) in [7, 11) is 0. The molecule has 1 amide bonds. The molecule has 2 aliphatic rings. The van der Waals surface area contributed by atoms with Crippen LogP contribution in [-0.2, 0) is 17.9 Å². The average Bonchev–Trinajstić information content (AvgIpc) is 3.11. The number of nitrogens with zero attached hydrogens (tertiary/aromatic N) is 1. The third-order valence-corrected chi connectivity index (χ3v) is 4.00. The zero-order valence-electron chi connectivity index (χ0n) is 11.1. The molecule has 1 heterocycles. The van der Waals surface area contributed by atoms with Gasteiger partial charge in [0.1, 0.15) is 0 Å². The maximum absolute atomic E-state index is 11.4. The molecular formula is C15H21N3O. The maximum Gasteiger partial charge on any atom is 0.234 e. The van der Waals surface area contributed by atoms with Crippen molar-refractivity contribution in [1.29, 1.82) is 0 Å². The minimum atomic E-state index is -0.219. The van der Waals surface area contributed by atoms with E-state index in [9.17, 15) is 4.79 Å². The van der Waals surface area contributed by atoms with E-state index in [2.05, 4.69) is 34.5 Å². The lowest BCUT2D eigenvalue weighted by molar-refractivity contribution is -0.120. The molecule has 1 aromatic carbocycles. The van der Waals surface area contributed by atoms with Gasteiger partial charge in [-0.1, -0.05) is 24.3 Å². The summed E-state index contributed by atoms with van der Waals surface area (Å²) in [6.45, 7) is 2.90. The summed E-state index contributed by atoms with van der Waals surface area (Å²) in [4.78, 5) is 13.8. The summed E-state index contributed by atoms with van der Waals surface area (Å²) in [6, 6.07) is 8.89. The first-order chi connectivity index (χ1) is 9.22. The Morgan fingerprint density at radius 3 is 2.47 bits per heavy atom. The molecule has 4 nitrogen and oxygen atoms in total. The van der Waals surface area contributed by atoms with Crippen LogP contribution in [0.25, 0.3) is 0 Å². The first-order valence-corrected chi connectivity index (χ1v) is 7.07. The Morgan fingerprint density at radius 2 is 1.95 bits per heavy atom. The van der Waals surface area contributed by atoms with Gasteiger partial charge in [0.2, 0.25) is 5.91 Å². The van der Waals surface area contributed by atoms with E-state index in [1.54, 1.807) is 0 Å². The fraction of sp³-hybridized carbons (Fsp3) is 0.533. The summed E-state index contributed by atoms with van der Waals surface area (Å²) in [5.74, 6) is -0.219. The van der Waals surface area contributed by atoms with E-state index < -0.39 is 0 Å². The normalized spacial score (nSPS) is 20.2. The predicted molar refractivity (Wildman–Crippen MR) is 74.3 cm³/mol. The van der Waals surface area contributed by atoms with Crippen LogP contribution >= 0.6 is 0 Å². The third kappa shape index (κ3) is 3.14. The number of fused-ring (bicyclic) bond motifs is 1. The number of nitrogens with two attached hydrogens (primary N) is 1. The van der Waals surface area contributed by atoms with Gasteiger partial charge < -0.3 is 11.1 Å². The van der Waals surface area contributed by atoms with Gasteiger partial charge in [0.25, 0.3) is 0 Å². The molecule has 0 spiro atoms. The second-order valence-corrected chi connectivity index (χ2v) is 5.66.